The van der Waals surface area contributed by atoms with E-state index in [9.17, 15) is 4.79 Å². The third-order valence-electron chi connectivity index (χ3n) is 1.78. The molecule has 0 aliphatic heterocycles. The van der Waals surface area contributed by atoms with Crippen LogP contribution in [0.3, 0.4) is 0 Å². The lowest BCUT2D eigenvalue weighted by molar-refractivity contribution is 0.0943. The Morgan fingerprint density at radius 1 is 1.64 bits per heavy atom. The zero-order valence-electron chi connectivity index (χ0n) is 8.58. The maximum atomic E-state index is 11.3. The minimum atomic E-state index is -0.145. The highest BCUT2D eigenvalue weighted by molar-refractivity contribution is 5.90. The molecule has 5 nitrogen and oxygen atoms in total. The molecule has 14 heavy (non-hydrogen) atoms. The second-order valence-electron chi connectivity index (χ2n) is 3.35. The van der Waals surface area contributed by atoms with Gasteiger partial charge in [-0.25, -0.2) is 4.98 Å². The van der Waals surface area contributed by atoms with E-state index in [1.54, 1.807) is 12.4 Å². The van der Waals surface area contributed by atoms with Crippen molar-refractivity contribution in [3.63, 3.8) is 0 Å². The van der Waals surface area contributed by atoms with Gasteiger partial charge in [-0.3, -0.25) is 4.79 Å². The molecule has 5 heteroatoms. The largest absolute Gasteiger partial charge is 0.349 e. The molecule has 1 aromatic rings. The molecule has 1 rings (SSSR count). The minimum absolute atomic E-state index is 0.145. The summed E-state index contributed by atoms with van der Waals surface area (Å²) in [6.07, 6.45) is 4.14. The Morgan fingerprint density at radius 2 is 2.43 bits per heavy atom. The summed E-state index contributed by atoms with van der Waals surface area (Å²) < 4.78 is 0. The van der Waals surface area contributed by atoms with E-state index in [1.165, 1.54) is 0 Å². The van der Waals surface area contributed by atoms with Crippen molar-refractivity contribution in [2.45, 2.75) is 6.42 Å². The van der Waals surface area contributed by atoms with Crippen molar-refractivity contribution in [3.05, 3.63) is 18.2 Å². The number of nitrogens with zero attached hydrogens (tertiary/aromatic N) is 2. The van der Waals surface area contributed by atoms with Crippen LogP contribution in [0.4, 0.5) is 0 Å². The Hall–Kier alpha value is -1.36. The van der Waals surface area contributed by atoms with E-state index in [0.717, 1.165) is 13.0 Å². The van der Waals surface area contributed by atoms with Crippen molar-refractivity contribution >= 4 is 5.91 Å². The molecular formula is C9H16N4O. The number of H-pyrrole nitrogens is 1. The minimum Gasteiger partial charge on any atom is -0.349 e. The number of rotatable bonds is 5. The lowest BCUT2D eigenvalue weighted by Gasteiger charge is -2.08. The van der Waals surface area contributed by atoms with E-state index in [4.69, 9.17) is 0 Å². The van der Waals surface area contributed by atoms with Gasteiger partial charge in [0, 0.05) is 18.9 Å². The molecule has 0 aliphatic carbocycles. The van der Waals surface area contributed by atoms with Crippen LogP contribution < -0.4 is 5.32 Å². The first-order valence-electron chi connectivity index (χ1n) is 4.62. The molecule has 0 radical (unpaired) electrons. The van der Waals surface area contributed by atoms with Crippen molar-refractivity contribution in [2.75, 3.05) is 27.2 Å². The van der Waals surface area contributed by atoms with Gasteiger partial charge in [-0.1, -0.05) is 0 Å². The Kier molecular flexibility index (Phi) is 4.12. The monoisotopic (exact) mass is 196 g/mol. The number of carbonyl (C=O) groups is 1. The van der Waals surface area contributed by atoms with Crippen molar-refractivity contribution in [1.82, 2.24) is 20.2 Å². The van der Waals surface area contributed by atoms with Crippen LogP contribution in [0.1, 0.15) is 17.0 Å². The second kappa shape index (κ2) is 5.39. The highest BCUT2D eigenvalue weighted by atomic mass is 16.2. The topological polar surface area (TPSA) is 61.0 Å². The molecule has 0 saturated carbocycles. The molecule has 0 bridgehead atoms. The highest BCUT2D eigenvalue weighted by Gasteiger charge is 2.05. The summed E-state index contributed by atoms with van der Waals surface area (Å²) in [4.78, 5) is 20.0. The molecule has 78 valence electrons. The molecule has 2 N–H and O–H groups in total. The predicted molar refractivity (Wildman–Crippen MR) is 54.1 cm³/mol. The summed E-state index contributed by atoms with van der Waals surface area (Å²) in [5.74, 6) is 0.226. The molecular weight excluding hydrogens is 180 g/mol. The SMILES string of the molecule is CN(C)CCCNC(=O)c1ncc[nH]1. The number of amides is 1. The van der Waals surface area contributed by atoms with Crippen LogP contribution in [0.2, 0.25) is 0 Å². The van der Waals surface area contributed by atoms with Gasteiger partial charge in [-0.05, 0) is 27.1 Å². The number of imidazole rings is 1. The lowest BCUT2D eigenvalue weighted by atomic mass is 10.4. The molecule has 1 aromatic heterocycles. The van der Waals surface area contributed by atoms with Gasteiger partial charge in [0.15, 0.2) is 5.82 Å². The Morgan fingerprint density at radius 3 is 3.00 bits per heavy atom. The zero-order chi connectivity index (χ0) is 10.4. The number of aromatic amines is 1. The molecule has 0 aromatic carbocycles. The molecule has 0 unspecified atom stereocenters. The molecule has 0 spiro atoms. The van der Waals surface area contributed by atoms with Crippen LogP contribution in [-0.4, -0.2) is 48.0 Å². The first kappa shape index (κ1) is 10.7. The standard InChI is InChI=1S/C9H16N4O/c1-13(2)7-3-4-12-9(14)8-10-5-6-11-8/h5-6H,3-4,7H2,1-2H3,(H,10,11)(H,12,14). The van der Waals surface area contributed by atoms with E-state index in [-0.39, 0.29) is 5.91 Å². The smallest absolute Gasteiger partial charge is 0.287 e. The van der Waals surface area contributed by atoms with E-state index < -0.39 is 0 Å². The Balaban J connectivity index is 2.16. The van der Waals surface area contributed by atoms with Crippen LogP contribution in [0.15, 0.2) is 12.4 Å². The van der Waals surface area contributed by atoms with Crippen LogP contribution in [-0.2, 0) is 0 Å². The fraction of sp³-hybridized carbons (Fsp3) is 0.556. The van der Waals surface area contributed by atoms with E-state index in [0.29, 0.717) is 12.4 Å². The average molecular weight is 196 g/mol. The second-order valence-corrected chi connectivity index (χ2v) is 3.35. The summed E-state index contributed by atoms with van der Waals surface area (Å²) >= 11 is 0. The van der Waals surface area contributed by atoms with E-state index >= 15 is 0 Å². The summed E-state index contributed by atoms with van der Waals surface area (Å²) in [6, 6.07) is 0. The molecule has 0 aliphatic rings. The summed E-state index contributed by atoms with van der Waals surface area (Å²) in [5.41, 5.74) is 0. The van der Waals surface area contributed by atoms with Crippen molar-refractivity contribution < 1.29 is 4.79 Å². The maximum Gasteiger partial charge on any atom is 0.287 e. The van der Waals surface area contributed by atoms with Crippen LogP contribution in [0, 0.1) is 0 Å². The van der Waals surface area contributed by atoms with Crippen LogP contribution in [0.25, 0.3) is 0 Å². The predicted octanol–water partition coefficient (Wildman–Crippen LogP) is 0.0912. The normalized spacial score (nSPS) is 10.5. The van der Waals surface area contributed by atoms with Crippen molar-refractivity contribution in [3.8, 4) is 0 Å². The number of aromatic nitrogens is 2. The fourth-order valence-corrected chi connectivity index (χ4v) is 1.07. The third kappa shape index (κ3) is 3.57. The van der Waals surface area contributed by atoms with Gasteiger partial charge in [0.05, 0.1) is 0 Å². The van der Waals surface area contributed by atoms with E-state index in [1.807, 2.05) is 14.1 Å². The maximum absolute atomic E-state index is 11.3. The van der Waals surface area contributed by atoms with Crippen LogP contribution in [0.5, 0.6) is 0 Å². The van der Waals surface area contributed by atoms with Crippen molar-refractivity contribution in [1.29, 1.82) is 0 Å². The van der Waals surface area contributed by atoms with Gasteiger partial charge in [0.2, 0.25) is 0 Å². The Bertz CT molecular complexity index is 268. The van der Waals surface area contributed by atoms with Crippen LogP contribution >= 0.6 is 0 Å². The highest BCUT2D eigenvalue weighted by Crippen LogP contribution is 1.88. The van der Waals surface area contributed by atoms with Crippen molar-refractivity contribution in [2.24, 2.45) is 0 Å². The van der Waals surface area contributed by atoms with Gasteiger partial charge in [0.25, 0.3) is 5.91 Å². The van der Waals surface area contributed by atoms with Gasteiger partial charge >= 0.3 is 0 Å². The van der Waals surface area contributed by atoms with Gasteiger partial charge in [-0.2, -0.15) is 0 Å². The summed E-state index contributed by atoms with van der Waals surface area (Å²) in [6.45, 7) is 1.65. The molecule has 0 saturated heterocycles. The lowest BCUT2D eigenvalue weighted by Crippen LogP contribution is -2.27. The number of hydrogen-bond donors (Lipinski definition) is 2. The molecule has 0 atom stereocenters. The first-order valence-corrected chi connectivity index (χ1v) is 4.62. The molecule has 0 fully saturated rings. The average Bonchev–Trinajstić information content (AvgIpc) is 2.64. The number of hydrogen-bond acceptors (Lipinski definition) is 3. The van der Waals surface area contributed by atoms with E-state index in [2.05, 4.69) is 20.2 Å². The fourth-order valence-electron chi connectivity index (χ4n) is 1.07. The Labute approximate surface area is 83.5 Å². The van der Waals surface area contributed by atoms with Gasteiger partial charge < -0.3 is 15.2 Å². The summed E-state index contributed by atoms with van der Waals surface area (Å²) in [7, 11) is 4.02. The van der Waals surface area contributed by atoms with Gasteiger partial charge in [-0.15, -0.1) is 0 Å². The summed E-state index contributed by atoms with van der Waals surface area (Å²) in [5, 5.41) is 2.78. The number of carbonyl (C=O) groups excluding carboxylic acids is 1. The quantitative estimate of drug-likeness (QED) is 0.656. The van der Waals surface area contributed by atoms with Gasteiger partial charge in [0.1, 0.15) is 0 Å². The molecule has 1 amide bonds. The first-order chi connectivity index (χ1) is 6.70. The molecule has 1 heterocycles. The third-order valence-corrected chi connectivity index (χ3v) is 1.78. The zero-order valence-corrected chi connectivity index (χ0v) is 8.58. The number of nitrogens with one attached hydrogen (secondary N) is 2.